The Morgan fingerprint density at radius 3 is 2.56 bits per heavy atom. The molecule has 0 radical (unpaired) electrons. The highest BCUT2D eigenvalue weighted by Gasteiger charge is 2.24. The fraction of sp³-hybridized carbons (Fsp3) is 0.333. The third kappa shape index (κ3) is 2.79. The van der Waals surface area contributed by atoms with Crippen LogP contribution in [0.15, 0.2) is 27.6 Å². The van der Waals surface area contributed by atoms with Gasteiger partial charge >= 0.3 is 0 Å². The van der Waals surface area contributed by atoms with Gasteiger partial charge < -0.3 is 0 Å². The SMILES string of the molecule is CCCS(=O)(=O)c1cc(Br)ccc1[N+](=O)[O-]. The molecule has 0 heterocycles. The Labute approximate surface area is 102 Å². The van der Waals surface area contributed by atoms with Crippen molar-refractivity contribution in [2.75, 3.05) is 5.75 Å². The molecule has 0 amide bonds. The van der Waals surface area contributed by atoms with Crippen LogP contribution in [0.25, 0.3) is 0 Å². The first-order valence-electron chi connectivity index (χ1n) is 4.55. The fourth-order valence-electron chi connectivity index (χ4n) is 1.27. The van der Waals surface area contributed by atoms with Crippen molar-refractivity contribution in [1.82, 2.24) is 0 Å². The molecule has 0 fully saturated rings. The molecule has 0 saturated carbocycles. The third-order valence-electron chi connectivity index (χ3n) is 1.93. The van der Waals surface area contributed by atoms with Crippen LogP contribution in [0, 0.1) is 10.1 Å². The molecule has 88 valence electrons. The molecule has 5 nitrogen and oxygen atoms in total. The van der Waals surface area contributed by atoms with E-state index in [1.165, 1.54) is 18.2 Å². The molecule has 0 aliphatic carbocycles. The zero-order valence-electron chi connectivity index (χ0n) is 8.51. The topological polar surface area (TPSA) is 77.3 Å². The molecule has 0 aromatic heterocycles. The average Bonchev–Trinajstić information content (AvgIpc) is 2.17. The van der Waals surface area contributed by atoms with Crippen molar-refractivity contribution in [3.8, 4) is 0 Å². The maximum atomic E-state index is 11.8. The van der Waals surface area contributed by atoms with Crippen molar-refractivity contribution in [2.45, 2.75) is 18.2 Å². The summed E-state index contributed by atoms with van der Waals surface area (Å²) in [7, 11) is -3.58. The number of nitro benzene ring substituents is 1. The zero-order valence-corrected chi connectivity index (χ0v) is 10.9. The van der Waals surface area contributed by atoms with E-state index in [9.17, 15) is 18.5 Å². The van der Waals surface area contributed by atoms with E-state index in [1.54, 1.807) is 6.92 Å². The van der Waals surface area contributed by atoms with Gasteiger partial charge in [-0.25, -0.2) is 8.42 Å². The minimum atomic E-state index is -3.58. The van der Waals surface area contributed by atoms with Crippen LogP contribution in [0.5, 0.6) is 0 Å². The molecule has 0 aliphatic rings. The van der Waals surface area contributed by atoms with E-state index in [4.69, 9.17) is 0 Å². The second kappa shape index (κ2) is 4.92. The van der Waals surface area contributed by atoms with Crippen molar-refractivity contribution in [1.29, 1.82) is 0 Å². The number of halogens is 1. The summed E-state index contributed by atoms with van der Waals surface area (Å²) in [5.74, 6) is -0.0930. The smallest absolute Gasteiger partial charge is 0.258 e. The van der Waals surface area contributed by atoms with Gasteiger partial charge in [0.05, 0.1) is 10.7 Å². The van der Waals surface area contributed by atoms with Gasteiger partial charge in [0.15, 0.2) is 9.84 Å². The lowest BCUT2D eigenvalue weighted by atomic mass is 10.3. The Bertz CT molecular complexity index is 512. The normalized spacial score (nSPS) is 11.4. The lowest BCUT2D eigenvalue weighted by Crippen LogP contribution is -2.08. The zero-order chi connectivity index (χ0) is 12.3. The van der Waals surface area contributed by atoms with Crippen molar-refractivity contribution in [3.05, 3.63) is 32.8 Å². The van der Waals surface area contributed by atoms with E-state index in [2.05, 4.69) is 15.9 Å². The van der Waals surface area contributed by atoms with E-state index in [-0.39, 0.29) is 16.3 Å². The summed E-state index contributed by atoms with van der Waals surface area (Å²) in [6.07, 6.45) is 0.423. The van der Waals surface area contributed by atoms with E-state index >= 15 is 0 Å². The summed E-state index contributed by atoms with van der Waals surface area (Å²) in [6.45, 7) is 1.71. The number of hydrogen-bond donors (Lipinski definition) is 0. The van der Waals surface area contributed by atoms with Gasteiger partial charge in [0, 0.05) is 10.5 Å². The maximum absolute atomic E-state index is 11.8. The number of nitro groups is 1. The van der Waals surface area contributed by atoms with Crippen LogP contribution in [0.4, 0.5) is 5.69 Å². The largest absolute Gasteiger partial charge is 0.288 e. The summed E-state index contributed by atoms with van der Waals surface area (Å²) in [6, 6.07) is 3.90. The number of benzene rings is 1. The summed E-state index contributed by atoms with van der Waals surface area (Å²) in [5.41, 5.74) is -0.378. The summed E-state index contributed by atoms with van der Waals surface area (Å²) >= 11 is 3.10. The molecular weight excluding hydrogens is 298 g/mol. The Morgan fingerprint density at radius 2 is 2.06 bits per heavy atom. The van der Waals surface area contributed by atoms with Crippen LogP contribution >= 0.6 is 15.9 Å². The maximum Gasteiger partial charge on any atom is 0.288 e. The fourth-order valence-corrected chi connectivity index (χ4v) is 3.30. The molecule has 0 N–H and O–H groups in total. The van der Waals surface area contributed by atoms with Gasteiger partial charge in [0.25, 0.3) is 5.69 Å². The molecular formula is C9H10BrNO4S. The molecule has 0 unspecified atom stereocenters. The van der Waals surface area contributed by atoms with E-state index in [0.717, 1.165) is 0 Å². The molecule has 1 aromatic rings. The highest BCUT2D eigenvalue weighted by molar-refractivity contribution is 9.10. The predicted octanol–water partition coefficient (Wildman–Crippen LogP) is 2.54. The first kappa shape index (κ1) is 13.1. The summed E-state index contributed by atoms with van der Waals surface area (Å²) < 4.78 is 24.1. The van der Waals surface area contributed by atoms with Crippen molar-refractivity contribution in [2.24, 2.45) is 0 Å². The molecule has 1 aromatic carbocycles. The predicted molar refractivity (Wildman–Crippen MR) is 63.1 cm³/mol. The quantitative estimate of drug-likeness (QED) is 0.632. The van der Waals surface area contributed by atoms with Gasteiger partial charge in [0.2, 0.25) is 0 Å². The van der Waals surface area contributed by atoms with Crippen LogP contribution < -0.4 is 0 Å². The number of rotatable bonds is 4. The molecule has 0 saturated heterocycles. The first-order chi connectivity index (χ1) is 7.38. The van der Waals surface area contributed by atoms with Gasteiger partial charge in [-0.1, -0.05) is 22.9 Å². The van der Waals surface area contributed by atoms with Gasteiger partial charge in [0.1, 0.15) is 4.90 Å². The lowest BCUT2D eigenvalue weighted by molar-refractivity contribution is -0.387. The van der Waals surface area contributed by atoms with Crippen molar-refractivity contribution >= 4 is 31.5 Å². The summed E-state index contributed by atoms with van der Waals surface area (Å²) in [4.78, 5) is 9.80. The first-order valence-corrected chi connectivity index (χ1v) is 6.99. The second-order valence-corrected chi connectivity index (χ2v) is 6.18. The van der Waals surface area contributed by atoms with E-state index in [0.29, 0.717) is 10.9 Å². The van der Waals surface area contributed by atoms with Gasteiger partial charge in [-0.3, -0.25) is 10.1 Å². The Kier molecular flexibility index (Phi) is 4.03. The monoisotopic (exact) mass is 307 g/mol. The Morgan fingerprint density at radius 1 is 1.44 bits per heavy atom. The number of sulfone groups is 1. The van der Waals surface area contributed by atoms with Crippen LogP contribution in [0.1, 0.15) is 13.3 Å². The van der Waals surface area contributed by atoms with Crippen LogP contribution in [-0.2, 0) is 9.84 Å². The standard InChI is InChI=1S/C9H10BrNO4S/c1-2-5-16(14,15)9-6-7(10)3-4-8(9)11(12)13/h3-4,6H,2,5H2,1H3. The van der Waals surface area contributed by atoms with Crippen LogP contribution in [-0.4, -0.2) is 19.1 Å². The highest BCUT2D eigenvalue weighted by atomic mass is 79.9. The lowest BCUT2D eigenvalue weighted by Gasteiger charge is -2.04. The Balaban J connectivity index is 3.42. The minimum absolute atomic E-state index is 0.0930. The van der Waals surface area contributed by atoms with Gasteiger partial charge in [-0.2, -0.15) is 0 Å². The van der Waals surface area contributed by atoms with Gasteiger partial charge in [-0.15, -0.1) is 0 Å². The van der Waals surface area contributed by atoms with E-state index in [1.807, 2.05) is 0 Å². The van der Waals surface area contributed by atoms with Crippen LogP contribution in [0.2, 0.25) is 0 Å². The minimum Gasteiger partial charge on any atom is -0.258 e. The van der Waals surface area contributed by atoms with Crippen molar-refractivity contribution < 1.29 is 13.3 Å². The van der Waals surface area contributed by atoms with Crippen LogP contribution in [0.3, 0.4) is 0 Å². The van der Waals surface area contributed by atoms with Crippen molar-refractivity contribution in [3.63, 3.8) is 0 Å². The molecule has 0 aliphatic heterocycles. The number of nitrogens with zero attached hydrogens (tertiary/aromatic N) is 1. The summed E-state index contributed by atoms with van der Waals surface area (Å²) in [5, 5.41) is 10.7. The molecule has 7 heteroatoms. The molecule has 0 spiro atoms. The molecule has 0 bridgehead atoms. The molecule has 16 heavy (non-hydrogen) atoms. The molecule has 1 rings (SSSR count). The second-order valence-electron chi connectivity index (χ2n) is 3.19. The average molecular weight is 308 g/mol. The van der Waals surface area contributed by atoms with Gasteiger partial charge in [-0.05, 0) is 18.6 Å². The Hall–Kier alpha value is -0.950. The van der Waals surface area contributed by atoms with E-state index < -0.39 is 14.8 Å². The third-order valence-corrected chi connectivity index (χ3v) is 4.36. The molecule has 0 atom stereocenters. The highest BCUT2D eigenvalue weighted by Crippen LogP contribution is 2.28. The number of hydrogen-bond acceptors (Lipinski definition) is 4.